The predicted octanol–water partition coefficient (Wildman–Crippen LogP) is 4.68. The Morgan fingerprint density at radius 3 is 2.70 bits per heavy atom. The Kier molecular flexibility index (Phi) is 5.65. The van der Waals surface area contributed by atoms with E-state index < -0.39 is 5.82 Å². The molecule has 0 aliphatic heterocycles. The van der Waals surface area contributed by atoms with Crippen molar-refractivity contribution in [2.24, 2.45) is 0 Å². The molecule has 0 aliphatic rings. The number of rotatable bonds is 5. The Hall–Kier alpha value is -3.04. The highest BCUT2D eigenvalue weighted by Gasteiger charge is 2.12. The molecule has 2 heterocycles. The van der Waals surface area contributed by atoms with Crippen LogP contribution < -0.4 is 10.7 Å². The molecule has 0 spiro atoms. The molecule has 0 fully saturated rings. The minimum Gasteiger partial charge on any atom is -0.357 e. The number of thioether (sulfide) groups is 1. The van der Waals surface area contributed by atoms with E-state index in [-0.39, 0.29) is 11.3 Å². The van der Waals surface area contributed by atoms with Gasteiger partial charge in [0.1, 0.15) is 5.82 Å². The zero-order valence-electron chi connectivity index (χ0n) is 16.2. The number of pyridine rings is 1. The lowest BCUT2D eigenvalue weighted by Gasteiger charge is -2.07. The number of carbonyl (C=O) groups is 1. The molecule has 2 aromatic carbocycles. The van der Waals surface area contributed by atoms with E-state index in [0.29, 0.717) is 26.2 Å². The van der Waals surface area contributed by atoms with E-state index in [1.54, 1.807) is 6.07 Å². The molecule has 0 unspecified atom stereocenters. The number of anilines is 1. The fourth-order valence-corrected chi connectivity index (χ4v) is 4.72. The van der Waals surface area contributed by atoms with Crippen LogP contribution in [0.5, 0.6) is 0 Å². The van der Waals surface area contributed by atoms with Crippen LogP contribution in [-0.2, 0) is 5.75 Å². The predicted molar refractivity (Wildman–Crippen MR) is 118 cm³/mol. The molecule has 2 N–H and O–H groups in total. The number of amides is 1. The van der Waals surface area contributed by atoms with Gasteiger partial charge in [-0.05, 0) is 55.3 Å². The second kappa shape index (κ2) is 8.37. The van der Waals surface area contributed by atoms with E-state index in [1.165, 1.54) is 47.4 Å². The Labute approximate surface area is 179 Å². The van der Waals surface area contributed by atoms with Crippen LogP contribution in [0.3, 0.4) is 0 Å². The first kappa shape index (κ1) is 20.2. The van der Waals surface area contributed by atoms with Crippen molar-refractivity contribution < 1.29 is 9.18 Å². The van der Waals surface area contributed by atoms with Gasteiger partial charge >= 0.3 is 0 Å². The van der Waals surface area contributed by atoms with Gasteiger partial charge in [-0.1, -0.05) is 29.2 Å². The third-order valence-corrected chi connectivity index (χ3v) is 6.44. The maximum atomic E-state index is 13.0. The molecule has 4 aromatic rings. The first-order chi connectivity index (χ1) is 14.4. The molecular weight excluding hydrogens is 423 g/mol. The van der Waals surface area contributed by atoms with Crippen molar-refractivity contribution in [2.45, 2.75) is 23.9 Å². The van der Waals surface area contributed by atoms with E-state index in [4.69, 9.17) is 0 Å². The van der Waals surface area contributed by atoms with Gasteiger partial charge in [0.2, 0.25) is 5.13 Å². The summed E-state index contributed by atoms with van der Waals surface area (Å²) in [5.41, 5.74) is 4.02. The zero-order chi connectivity index (χ0) is 21.3. The summed E-state index contributed by atoms with van der Waals surface area (Å²) in [5, 5.41) is 11.7. The minimum atomic E-state index is -0.404. The smallest absolute Gasteiger partial charge is 0.257 e. The third-order valence-electron chi connectivity index (χ3n) is 4.42. The molecule has 0 aliphatic carbocycles. The minimum absolute atomic E-state index is 0.0179. The number of aryl methyl sites for hydroxylation is 2. The van der Waals surface area contributed by atoms with Gasteiger partial charge in [-0.2, -0.15) is 0 Å². The van der Waals surface area contributed by atoms with Crippen molar-refractivity contribution in [1.82, 2.24) is 15.2 Å². The number of carbonyl (C=O) groups excluding carboxylic acids is 1. The maximum Gasteiger partial charge on any atom is 0.257 e. The Morgan fingerprint density at radius 1 is 1.17 bits per heavy atom. The lowest BCUT2D eigenvalue weighted by atomic mass is 10.1. The van der Waals surface area contributed by atoms with Crippen LogP contribution >= 0.6 is 23.1 Å². The molecule has 0 atom stereocenters. The lowest BCUT2D eigenvalue weighted by molar-refractivity contribution is 0.102. The summed E-state index contributed by atoms with van der Waals surface area (Å²) in [6.45, 7) is 3.95. The average molecular weight is 441 g/mol. The molecule has 1 amide bonds. The van der Waals surface area contributed by atoms with Crippen molar-refractivity contribution in [3.63, 3.8) is 0 Å². The molecule has 152 valence electrons. The quantitative estimate of drug-likeness (QED) is 0.348. The number of fused-ring (bicyclic) bond motifs is 1. The summed E-state index contributed by atoms with van der Waals surface area (Å²) in [7, 11) is 0. The van der Waals surface area contributed by atoms with Crippen LogP contribution in [0.4, 0.5) is 9.52 Å². The van der Waals surface area contributed by atoms with Gasteiger partial charge in [0.15, 0.2) is 9.77 Å². The van der Waals surface area contributed by atoms with E-state index in [0.717, 1.165) is 22.3 Å². The highest BCUT2D eigenvalue weighted by molar-refractivity contribution is 8.00. The van der Waals surface area contributed by atoms with Gasteiger partial charge < -0.3 is 4.98 Å². The Balaban J connectivity index is 1.45. The standard InChI is InChI=1S/C21H17FN4O2S2/c1-11-7-12(2)18-16(8-11)17(27)9-15(23-18)10-29-21-26-25-20(30-21)24-19(28)13-3-5-14(22)6-4-13/h3-9H,10H2,1-2H3,(H,23,27)(H,24,25,28). The van der Waals surface area contributed by atoms with Crippen LogP contribution in [0.25, 0.3) is 10.9 Å². The molecule has 2 aromatic heterocycles. The van der Waals surface area contributed by atoms with Crippen molar-refractivity contribution in [2.75, 3.05) is 5.32 Å². The number of benzene rings is 2. The highest BCUT2D eigenvalue weighted by Crippen LogP contribution is 2.28. The van der Waals surface area contributed by atoms with E-state index in [2.05, 4.69) is 20.5 Å². The second-order valence-corrected chi connectivity index (χ2v) is 8.99. The summed E-state index contributed by atoms with van der Waals surface area (Å²) in [6, 6.07) is 10.8. The number of hydrogen-bond acceptors (Lipinski definition) is 6. The number of aromatic amines is 1. The number of H-pyrrole nitrogens is 1. The summed E-state index contributed by atoms with van der Waals surface area (Å²) < 4.78 is 13.6. The number of aromatic nitrogens is 3. The van der Waals surface area contributed by atoms with Crippen molar-refractivity contribution in [1.29, 1.82) is 0 Å². The molecule has 0 bridgehead atoms. The van der Waals surface area contributed by atoms with Gasteiger partial charge in [-0.25, -0.2) is 4.39 Å². The fraction of sp³-hybridized carbons (Fsp3) is 0.143. The SMILES string of the molecule is Cc1cc(C)c2[nH]c(CSc3nnc(NC(=O)c4ccc(F)cc4)s3)cc(=O)c2c1. The number of nitrogens with zero attached hydrogens (tertiary/aromatic N) is 2. The first-order valence-electron chi connectivity index (χ1n) is 9.05. The van der Waals surface area contributed by atoms with Gasteiger partial charge in [0.25, 0.3) is 5.91 Å². The van der Waals surface area contributed by atoms with Gasteiger partial charge in [0.05, 0.1) is 5.52 Å². The molecule has 0 radical (unpaired) electrons. The van der Waals surface area contributed by atoms with Crippen LogP contribution in [-0.4, -0.2) is 21.1 Å². The average Bonchev–Trinajstić information content (AvgIpc) is 3.15. The molecule has 9 heteroatoms. The van der Waals surface area contributed by atoms with Crippen LogP contribution in [0.1, 0.15) is 27.2 Å². The van der Waals surface area contributed by atoms with Gasteiger partial charge in [-0.15, -0.1) is 10.2 Å². The number of nitrogens with one attached hydrogen (secondary N) is 2. The van der Waals surface area contributed by atoms with Gasteiger partial charge in [-0.3, -0.25) is 14.9 Å². The number of halogens is 1. The topological polar surface area (TPSA) is 87.7 Å². The normalized spacial score (nSPS) is 11.0. The molecule has 30 heavy (non-hydrogen) atoms. The number of hydrogen-bond donors (Lipinski definition) is 2. The first-order valence-corrected chi connectivity index (χ1v) is 10.9. The van der Waals surface area contributed by atoms with Crippen LogP contribution in [0, 0.1) is 19.7 Å². The monoisotopic (exact) mass is 440 g/mol. The fourth-order valence-electron chi connectivity index (χ4n) is 3.07. The molecule has 6 nitrogen and oxygen atoms in total. The zero-order valence-corrected chi connectivity index (χ0v) is 17.8. The molecule has 0 saturated heterocycles. The van der Waals surface area contributed by atoms with Crippen LogP contribution in [0.15, 0.2) is 51.6 Å². The summed E-state index contributed by atoms with van der Waals surface area (Å²) in [5.74, 6) is -0.274. The largest absolute Gasteiger partial charge is 0.357 e. The van der Waals surface area contributed by atoms with Crippen molar-refractivity contribution >= 4 is 45.0 Å². The van der Waals surface area contributed by atoms with Gasteiger partial charge in [0, 0.05) is 28.5 Å². The molecular formula is C21H17FN4O2S2. The van der Waals surface area contributed by atoms with E-state index in [9.17, 15) is 14.0 Å². The summed E-state index contributed by atoms with van der Waals surface area (Å²) >= 11 is 2.65. The van der Waals surface area contributed by atoms with Crippen molar-refractivity contribution in [3.8, 4) is 0 Å². The highest BCUT2D eigenvalue weighted by atomic mass is 32.2. The molecule has 0 saturated carbocycles. The summed E-state index contributed by atoms with van der Waals surface area (Å²) in [6.07, 6.45) is 0. The lowest BCUT2D eigenvalue weighted by Crippen LogP contribution is -2.11. The molecule has 4 rings (SSSR count). The summed E-state index contributed by atoms with van der Waals surface area (Å²) in [4.78, 5) is 28.0. The second-order valence-electron chi connectivity index (χ2n) is 6.79. The van der Waals surface area contributed by atoms with Crippen molar-refractivity contribution in [3.05, 3.63) is 80.9 Å². The van der Waals surface area contributed by atoms with Crippen LogP contribution in [0.2, 0.25) is 0 Å². The van der Waals surface area contributed by atoms with E-state index >= 15 is 0 Å². The Bertz CT molecular complexity index is 1300. The maximum absolute atomic E-state index is 13.0. The van der Waals surface area contributed by atoms with E-state index in [1.807, 2.05) is 26.0 Å². The Morgan fingerprint density at radius 2 is 1.93 bits per heavy atom. The third kappa shape index (κ3) is 4.42.